The van der Waals surface area contributed by atoms with Crippen LogP contribution in [0.4, 0.5) is 0 Å². The molecule has 0 saturated heterocycles. The normalized spacial score (nSPS) is 13.2. The summed E-state index contributed by atoms with van der Waals surface area (Å²) in [7, 11) is 1.73. The SMILES string of the molecule is COCCCn1nc(C)c2ccc(C[C@H](CO)C(C)C)cc21. The highest BCUT2D eigenvalue weighted by Gasteiger charge is 2.14. The topological polar surface area (TPSA) is 47.3 Å². The third-order valence-corrected chi connectivity index (χ3v) is 4.39. The molecule has 4 nitrogen and oxygen atoms in total. The fourth-order valence-corrected chi connectivity index (χ4v) is 2.86. The molecule has 4 heteroatoms. The van der Waals surface area contributed by atoms with Crippen molar-refractivity contribution in [3.63, 3.8) is 0 Å². The number of hydrogen-bond acceptors (Lipinski definition) is 3. The second-order valence-corrected chi connectivity index (χ2v) is 6.40. The fourth-order valence-electron chi connectivity index (χ4n) is 2.86. The van der Waals surface area contributed by atoms with Crippen molar-refractivity contribution in [2.24, 2.45) is 11.8 Å². The maximum atomic E-state index is 9.54. The molecule has 1 heterocycles. The Bertz CT molecular complexity index is 604. The van der Waals surface area contributed by atoms with Gasteiger partial charge in [-0.25, -0.2) is 0 Å². The zero-order valence-corrected chi connectivity index (χ0v) is 14.2. The van der Waals surface area contributed by atoms with Crippen LogP contribution in [0.1, 0.15) is 31.5 Å². The maximum Gasteiger partial charge on any atom is 0.0687 e. The molecule has 1 atom stereocenters. The average molecular weight is 304 g/mol. The highest BCUT2D eigenvalue weighted by molar-refractivity contribution is 5.82. The van der Waals surface area contributed by atoms with Crippen LogP contribution in [-0.4, -0.2) is 35.2 Å². The fraction of sp³-hybridized carbons (Fsp3) is 0.611. The van der Waals surface area contributed by atoms with Crippen molar-refractivity contribution in [2.75, 3.05) is 20.3 Å². The van der Waals surface area contributed by atoms with E-state index in [4.69, 9.17) is 4.74 Å². The van der Waals surface area contributed by atoms with Gasteiger partial charge in [0.15, 0.2) is 0 Å². The summed E-state index contributed by atoms with van der Waals surface area (Å²) in [5.41, 5.74) is 3.53. The van der Waals surface area contributed by atoms with Crippen LogP contribution in [0.15, 0.2) is 18.2 Å². The van der Waals surface area contributed by atoms with E-state index in [2.05, 4.69) is 48.8 Å². The van der Waals surface area contributed by atoms with E-state index in [1.807, 2.05) is 0 Å². The van der Waals surface area contributed by atoms with Crippen LogP contribution in [0, 0.1) is 18.8 Å². The summed E-state index contributed by atoms with van der Waals surface area (Å²) in [6.07, 6.45) is 1.87. The number of fused-ring (bicyclic) bond motifs is 1. The van der Waals surface area contributed by atoms with Crippen LogP contribution in [0.2, 0.25) is 0 Å². The number of aliphatic hydroxyl groups is 1. The lowest BCUT2D eigenvalue weighted by atomic mass is 9.90. The molecule has 1 aromatic carbocycles. The molecule has 0 radical (unpaired) electrons. The van der Waals surface area contributed by atoms with Crippen molar-refractivity contribution in [3.05, 3.63) is 29.5 Å². The van der Waals surface area contributed by atoms with Crippen LogP contribution in [0.25, 0.3) is 10.9 Å². The number of hydrogen-bond donors (Lipinski definition) is 1. The molecule has 2 aromatic rings. The third kappa shape index (κ3) is 3.87. The Morgan fingerprint density at radius 1 is 1.32 bits per heavy atom. The lowest BCUT2D eigenvalue weighted by Crippen LogP contribution is -2.16. The van der Waals surface area contributed by atoms with E-state index in [0.29, 0.717) is 11.8 Å². The van der Waals surface area contributed by atoms with E-state index in [9.17, 15) is 5.11 Å². The minimum absolute atomic E-state index is 0.238. The van der Waals surface area contributed by atoms with E-state index in [0.717, 1.165) is 31.7 Å². The van der Waals surface area contributed by atoms with Gasteiger partial charge >= 0.3 is 0 Å². The lowest BCUT2D eigenvalue weighted by molar-refractivity contribution is 0.189. The zero-order valence-electron chi connectivity index (χ0n) is 14.2. The van der Waals surface area contributed by atoms with Gasteiger partial charge < -0.3 is 9.84 Å². The Balaban J connectivity index is 2.25. The molecule has 0 bridgehead atoms. The predicted octanol–water partition coefficient (Wildman–Crippen LogP) is 3.19. The maximum absolute atomic E-state index is 9.54. The molecule has 122 valence electrons. The largest absolute Gasteiger partial charge is 0.396 e. The molecule has 0 unspecified atom stereocenters. The monoisotopic (exact) mass is 304 g/mol. The number of ether oxygens (including phenoxy) is 1. The number of nitrogens with zero attached hydrogens (tertiary/aromatic N) is 2. The van der Waals surface area contributed by atoms with Gasteiger partial charge in [0.1, 0.15) is 0 Å². The standard InChI is InChI=1S/C18H28N2O2/c1-13(2)16(12-21)10-15-6-7-17-14(3)19-20(18(17)11-15)8-5-9-22-4/h6-7,11,13,16,21H,5,8-10,12H2,1-4H3/t16-/m1/s1. The van der Waals surface area contributed by atoms with Crippen LogP contribution < -0.4 is 0 Å². The molecule has 0 saturated carbocycles. The molecule has 0 aliphatic heterocycles. The highest BCUT2D eigenvalue weighted by Crippen LogP contribution is 2.23. The summed E-state index contributed by atoms with van der Waals surface area (Å²) >= 11 is 0. The van der Waals surface area contributed by atoms with E-state index in [1.165, 1.54) is 16.5 Å². The summed E-state index contributed by atoms with van der Waals surface area (Å²) in [6.45, 7) is 8.24. The summed E-state index contributed by atoms with van der Waals surface area (Å²) in [6, 6.07) is 6.56. The first kappa shape index (κ1) is 17.0. The van der Waals surface area contributed by atoms with Crippen LogP contribution in [0.5, 0.6) is 0 Å². The number of benzene rings is 1. The van der Waals surface area contributed by atoms with Crippen molar-refractivity contribution in [1.29, 1.82) is 0 Å². The van der Waals surface area contributed by atoms with E-state index >= 15 is 0 Å². The van der Waals surface area contributed by atoms with Crippen molar-refractivity contribution >= 4 is 10.9 Å². The number of rotatable bonds is 8. The summed E-state index contributed by atoms with van der Waals surface area (Å²) in [5, 5.41) is 15.4. The number of methoxy groups -OCH3 is 1. The van der Waals surface area contributed by atoms with Crippen molar-refractivity contribution < 1.29 is 9.84 Å². The van der Waals surface area contributed by atoms with Gasteiger partial charge in [0, 0.05) is 32.3 Å². The predicted molar refractivity (Wildman–Crippen MR) is 90.1 cm³/mol. The van der Waals surface area contributed by atoms with Gasteiger partial charge in [0.05, 0.1) is 11.2 Å². The summed E-state index contributed by atoms with van der Waals surface area (Å²) in [5.74, 6) is 0.789. The molecular weight excluding hydrogens is 276 g/mol. The number of aromatic nitrogens is 2. The summed E-state index contributed by atoms with van der Waals surface area (Å²) in [4.78, 5) is 0. The minimum Gasteiger partial charge on any atom is -0.396 e. The molecule has 0 aliphatic rings. The second kappa shape index (κ2) is 7.75. The molecule has 1 aromatic heterocycles. The minimum atomic E-state index is 0.238. The van der Waals surface area contributed by atoms with Gasteiger partial charge in [-0.15, -0.1) is 0 Å². The molecule has 1 N–H and O–H groups in total. The quantitative estimate of drug-likeness (QED) is 0.762. The molecule has 0 fully saturated rings. The first-order chi connectivity index (χ1) is 10.6. The number of aliphatic hydroxyl groups excluding tert-OH is 1. The van der Waals surface area contributed by atoms with Gasteiger partial charge in [0.25, 0.3) is 0 Å². The van der Waals surface area contributed by atoms with Gasteiger partial charge in [-0.3, -0.25) is 4.68 Å². The molecule has 22 heavy (non-hydrogen) atoms. The van der Waals surface area contributed by atoms with Crippen LogP contribution in [0.3, 0.4) is 0 Å². The molecule has 2 rings (SSSR count). The van der Waals surface area contributed by atoms with Crippen molar-refractivity contribution in [1.82, 2.24) is 9.78 Å². The highest BCUT2D eigenvalue weighted by atomic mass is 16.5. The average Bonchev–Trinajstić information content (AvgIpc) is 2.81. The van der Waals surface area contributed by atoms with Gasteiger partial charge in [-0.1, -0.05) is 26.0 Å². The number of aryl methyl sites for hydroxylation is 2. The van der Waals surface area contributed by atoms with Crippen LogP contribution >= 0.6 is 0 Å². The lowest BCUT2D eigenvalue weighted by Gasteiger charge is -2.18. The Kier molecular flexibility index (Phi) is 5.98. The Morgan fingerprint density at radius 3 is 2.73 bits per heavy atom. The van der Waals surface area contributed by atoms with E-state index in [1.54, 1.807) is 7.11 Å². The van der Waals surface area contributed by atoms with E-state index < -0.39 is 0 Å². The van der Waals surface area contributed by atoms with Gasteiger partial charge in [-0.2, -0.15) is 5.10 Å². The first-order valence-electron chi connectivity index (χ1n) is 8.12. The van der Waals surface area contributed by atoms with Gasteiger partial charge in [-0.05, 0) is 43.2 Å². The Hall–Kier alpha value is -1.39. The third-order valence-electron chi connectivity index (χ3n) is 4.39. The zero-order chi connectivity index (χ0) is 16.1. The van der Waals surface area contributed by atoms with Crippen molar-refractivity contribution in [3.8, 4) is 0 Å². The Labute approximate surface area is 133 Å². The summed E-state index contributed by atoms with van der Waals surface area (Å²) < 4.78 is 7.21. The van der Waals surface area contributed by atoms with E-state index in [-0.39, 0.29) is 6.61 Å². The Morgan fingerprint density at radius 2 is 2.09 bits per heavy atom. The molecule has 0 aliphatic carbocycles. The molecule has 0 amide bonds. The smallest absolute Gasteiger partial charge is 0.0687 e. The van der Waals surface area contributed by atoms with Gasteiger partial charge in [0.2, 0.25) is 0 Å². The molecular formula is C18H28N2O2. The first-order valence-corrected chi connectivity index (χ1v) is 8.12. The second-order valence-electron chi connectivity index (χ2n) is 6.40. The van der Waals surface area contributed by atoms with Crippen molar-refractivity contribution in [2.45, 2.75) is 40.2 Å². The van der Waals surface area contributed by atoms with Crippen LogP contribution in [-0.2, 0) is 17.7 Å². The molecule has 0 spiro atoms.